The van der Waals surface area contributed by atoms with Gasteiger partial charge in [0.1, 0.15) is 5.82 Å². The van der Waals surface area contributed by atoms with Crippen LogP contribution in [0.1, 0.15) is 34.0 Å². The van der Waals surface area contributed by atoms with E-state index in [1.54, 1.807) is 12.1 Å². The normalized spacial score (nSPS) is 17.7. The van der Waals surface area contributed by atoms with Crippen LogP contribution >= 0.6 is 11.6 Å². The predicted octanol–water partition coefficient (Wildman–Crippen LogP) is 6.11. The van der Waals surface area contributed by atoms with Crippen LogP contribution in [-0.4, -0.2) is 22.9 Å². The molecule has 0 spiro atoms. The fourth-order valence-corrected chi connectivity index (χ4v) is 4.43. The number of nitrogens with zero attached hydrogens (tertiary/aromatic N) is 2. The van der Waals surface area contributed by atoms with E-state index in [1.165, 1.54) is 28.3 Å². The van der Waals surface area contributed by atoms with Crippen LogP contribution in [0.5, 0.6) is 0 Å². The highest BCUT2D eigenvalue weighted by molar-refractivity contribution is 6.31. The third-order valence-electron chi connectivity index (χ3n) is 5.76. The molecular weight excluding hydrogens is 383 g/mol. The van der Waals surface area contributed by atoms with Crippen molar-refractivity contribution < 1.29 is 4.39 Å². The van der Waals surface area contributed by atoms with E-state index >= 15 is 0 Å². The molecule has 1 saturated heterocycles. The van der Waals surface area contributed by atoms with Gasteiger partial charge in [-0.25, -0.2) is 4.39 Å². The molecular formula is C25H26ClFN2. The maximum absolute atomic E-state index is 14.5. The topological polar surface area (TPSA) is 6.48 Å². The van der Waals surface area contributed by atoms with Crippen molar-refractivity contribution in [1.29, 1.82) is 0 Å². The van der Waals surface area contributed by atoms with Gasteiger partial charge in [0.15, 0.2) is 0 Å². The van der Waals surface area contributed by atoms with E-state index in [9.17, 15) is 4.39 Å². The van der Waals surface area contributed by atoms with Gasteiger partial charge in [0.25, 0.3) is 0 Å². The van der Waals surface area contributed by atoms with Gasteiger partial charge in [0.2, 0.25) is 0 Å². The quantitative estimate of drug-likeness (QED) is 0.502. The van der Waals surface area contributed by atoms with Gasteiger partial charge < -0.3 is 0 Å². The average molecular weight is 409 g/mol. The van der Waals surface area contributed by atoms with Crippen molar-refractivity contribution >= 4 is 11.6 Å². The molecule has 0 bridgehead atoms. The first-order valence-corrected chi connectivity index (χ1v) is 10.4. The zero-order valence-electron chi connectivity index (χ0n) is 16.9. The highest BCUT2D eigenvalue weighted by Crippen LogP contribution is 2.35. The molecule has 0 amide bonds. The van der Waals surface area contributed by atoms with E-state index in [1.807, 2.05) is 0 Å². The van der Waals surface area contributed by atoms with Crippen molar-refractivity contribution in [1.82, 2.24) is 9.80 Å². The second-order valence-corrected chi connectivity index (χ2v) is 8.26. The van der Waals surface area contributed by atoms with E-state index < -0.39 is 0 Å². The monoisotopic (exact) mass is 408 g/mol. The number of hydrogen-bond donors (Lipinski definition) is 0. The number of rotatable bonds is 5. The molecule has 1 fully saturated rings. The largest absolute Gasteiger partial charge is 0.278 e. The van der Waals surface area contributed by atoms with Gasteiger partial charge in [0.05, 0.1) is 6.17 Å². The molecule has 1 unspecified atom stereocenters. The second-order valence-electron chi connectivity index (χ2n) is 7.86. The first-order valence-electron chi connectivity index (χ1n) is 10.0. The summed E-state index contributed by atoms with van der Waals surface area (Å²) in [6.07, 6.45) is 0.0881. The maximum Gasteiger partial charge on any atom is 0.129 e. The Hall–Kier alpha value is -2.20. The Kier molecular flexibility index (Phi) is 6.00. The maximum atomic E-state index is 14.5. The summed E-state index contributed by atoms with van der Waals surface area (Å²) in [6.45, 7) is 7.43. The van der Waals surface area contributed by atoms with Gasteiger partial charge in [-0.15, -0.1) is 0 Å². The standard InChI is InChI=1S/C25H26ClFN2/c1-18-7-5-10-20(15-18)25-28(16-21-9-4-3-8-19(21)2)13-14-29(25)17-22-23(26)11-6-12-24(22)27/h3-12,15,25H,13-14,16-17H2,1-2H3. The van der Waals surface area contributed by atoms with Crippen LogP contribution in [0.3, 0.4) is 0 Å². The molecule has 29 heavy (non-hydrogen) atoms. The Labute approximate surface area is 177 Å². The Morgan fingerprint density at radius 3 is 2.34 bits per heavy atom. The zero-order valence-corrected chi connectivity index (χ0v) is 17.7. The zero-order chi connectivity index (χ0) is 20.4. The molecule has 4 rings (SSSR count). The molecule has 2 nitrogen and oxygen atoms in total. The molecule has 0 aliphatic carbocycles. The van der Waals surface area contributed by atoms with Crippen molar-refractivity contribution in [3.63, 3.8) is 0 Å². The molecule has 3 aromatic carbocycles. The summed E-state index contributed by atoms with van der Waals surface area (Å²) in [6, 6.07) is 22.1. The molecule has 1 heterocycles. The predicted molar refractivity (Wildman–Crippen MR) is 117 cm³/mol. The Balaban J connectivity index is 1.67. The SMILES string of the molecule is Cc1cccc(C2N(Cc3ccccc3C)CCN2Cc2c(F)cccc2Cl)c1. The number of aryl methyl sites for hydroxylation is 2. The van der Waals surface area contributed by atoms with Gasteiger partial charge in [-0.3, -0.25) is 9.80 Å². The lowest BCUT2D eigenvalue weighted by Crippen LogP contribution is -2.31. The van der Waals surface area contributed by atoms with Crippen molar-refractivity contribution in [3.8, 4) is 0 Å². The fraction of sp³-hybridized carbons (Fsp3) is 0.280. The van der Waals surface area contributed by atoms with Gasteiger partial charge in [-0.2, -0.15) is 0 Å². The molecule has 1 aliphatic heterocycles. The van der Waals surface area contributed by atoms with Crippen LogP contribution in [0.4, 0.5) is 4.39 Å². The summed E-state index contributed by atoms with van der Waals surface area (Å²) in [5.74, 6) is -0.238. The molecule has 150 valence electrons. The summed E-state index contributed by atoms with van der Waals surface area (Å²) in [5, 5.41) is 0.491. The van der Waals surface area contributed by atoms with Crippen LogP contribution in [0.25, 0.3) is 0 Å². The summed E-state index contributed by atoms with van der Waals surface area (Å²) >= 11 is 6.33. The van der Waals surface area contributed by atoms with Crippen LogP contribution < -0.4 is 0 Å². The van der Waals surface area contributed by atoms with Crippen LogP contribution in [-0.2, 0) is 13.1 Å². The van der Waals surface area contributed by atoms with Crippen molar-refractivity contribution in [3.05, 3.63) is 105 Å². The minimum Gasteiger partial charge on any atom is -0.278 e. The summed E-state index contributed by atoms with van der Waals surface area (Å²) in [7, 11) is 0. The Bertz CT molecular complexity index is 983. The summed E-state index contributed by atoms with van der Waals surface area (Å²) in [5.41, 5.74) is 5.67. The highest BCUT2D eigenvalue weighted by Gasteiger charge is 2.34. The van der Waals surface area contributed by atoms with Crippen molar-refractivity contribution in [2.45, 2.75) is 33.1 Å². The Morgan fingerprint density at radius 1 is 0.897 bits per heavy atom. The van der Waals surface area contributed by atoms with E-state index in [0.717, 1.165) is 19.6 Å². The number of halogens is 2. The molecule has 3 aromatic rings. The smallest absolute Gasteiger partial charge is 0.129 e. The molecule has 1 aliphatic rings. The van der Waals surface area contributed by atoms with Crippen LogP contribution in [0.15, 0.2) is 66.7 Å². The van der Waals surface area contributed by atoms with Crippen LogP contribution in [0, 0.1) is 19.7 Å². The third kappa shape index (κ3) is 4.37. The third-order valence-corrected chi connectivity index (χ3v) is 6.12. The van der Waals surface area contributed by atoms with Gasteiger partial charge in [-0.1, -0.05) is 71.8 Å². The second kappa shape index (κ2) is 8.66. The van der Waals surface area contributed by atoms with E-state index in [0.29, 0.717) is 17.1 Å². The lowest BCUT2D eigenvalue weighted by atomic mass is 10.1. The minimum atomic E-state index is -0.238. The van der Waals surface area contributed by atoms with E-state index in [-0.39, 0.29) is 12.0 Å². The molecule has 0 radical (unpaired) electrons. The van der Waals surface area contributed by atoms with Crippen molar-refractivity contribution in [2.75, 3.05) is 13.1 Å². The lowest BCUT2D eigenvalue weighted by molar-refractivity contribution is 0.124. The van der Waals surface area contributed by atoms with E-state index in [2.05, 4.69) is 72.2 Å². The van der Waals surface area contributed by atoms with Gasteiger partial charge >= 0.3 is 0 Å². The molecule has 0 saturated carbocycles. The number of benzene rings is 3. The van der Waals surface area contributed by atoms with E-state index in [4.69, 9.17) is 11.6 Å². The molecule has 0 N–H and O–H groups in total. The Morgan fingerprint density at radius 2 is 1.62 bits per heavy atom. The minimum absolute atomic E-state index is 0.0881. The first-order chi connectivity index (χ1) is 14.0. The number of hydrogen-bond acceptors (Lipinski definition) is 2. The molecule has 4 heteroatoms. The lowest BCUT2D eigenvalue weighted by Gasteiger charge is -2.31. The van der Waals surface area contributed by atoms with Gasteiger partial charge in [-0.05, 0) is 42.7 Å². The summed E-state index contributed by atoms with van der Waals surface area (Å²) in [4.78, 5) is 4.81. The highest BCUT2D eigenvalue weighted by atomic mass is 35.5. The fourth-order valence-electron chi connectivity index (χ4n) is 4.21. The molecule has 1 atom stereocenters. The van der Waals surface area contributed by atoms with Crippen LogP contribution in [0.2, 0.25) is 5.02 Å². The average Bonchev–Trinajstić information content (AvgIpc) is 3.09. The molecule has 0 aromatic heterocycles. The van der Waals surface area contributed by atoms with Gasteiger partial charge in [0, 0.05) is 36.8 Å². The first kappa shape index (κ1) is 20.1. The summed E-state index contributed by atoms with van der Waals surface area (Å²) < 4.78 is 14.5. The van der Waals surface area contributed by atoms with Crippen molar-refractivity contribution in [2.24, 2.45) is 0 Å².